The fourth-order valence-corrected chi connectivity index (χ4v) is 5.08. The number of piperazine rings is 1. The van der Waals surface area contributed by atoms with Gasteiger partial charge in [-0.05, 0) is 49.2 Å². The number of carbonyl (C=O) groups is 1. The summed E-state index contributed by atoms with van der Waals surface area (Å²) < 4.78 is 65.7. The molecule has 0 aliphatic carbocycles. The summed E-state index contributed by atoms with van der Waals surface area (Å²) in [7, 11) is -3.86. The quantitative estimate of drug-likeness (QED) is 0.743. The predicted molar refractivity (Wildman–Crippen MR) is 107 cm³/mol. The molecule has 31 heavy (non-hydrogen) atoms. The SMILES string of the molecule is Cc1ccc(S(=O)(=O)N2CCN(c3ccc(C(F)(F)F)cn3)[C@@H](C)C2)cc1CC(=O)O. The normalized spacial score (nSPS) is 18.2. The second-order valence-electron chi connectivity index (χ2n) is 7.47. The summed E-state index contributed by atoms with van der Waals surface area (Å²) in [6.45, 7) is 3.98. The Morgan fingerprint density at radius 1 is 1.23 bits per heavy atom. The molecule has 3 rings (SSSR count). The number of benzene rings is 1. The maximum absolute atomic E-state index is 13.1. The summed E-state index contributed by atoms with van der Waals surface area (Å²) in [5.41, 5.74) is 0.267. The Balaban J connectivity index is 1.78. The lowest BCUT2D eigenvalue weighted by atomic mass is 10.1. The first-order chi connectivity index (χ1) is 14.4. The van der Waals surface area contributed by atoms with Crippen LogP contribution in [-0.2, 0) is 27.4 Å². The Hall–Kier alpha value is -2.66. The van der Waals surface area contributed by atoms with Crippen molar-refractivity contribution in [1.82, 2.24) is 9.29 Å². The molecule has 1 atom stereocenters. The molecule has 2 aromatic rings. The maximum Gasteiger partial charge on any atom is 0.417 e. The third kappa shape index (κ3) is 4.99. The molecule has 0 saturated carbocycles. The third-order valence-electron chi connectivity index (χ3n) is 5.26. The van der Waals surface area contributed by atoms with Gasteiger partial charge in [0.1, 0.15) is 5.82 Å². The van der Waals surface area contributed by atoms with E-state index < -0.39 is 27.7 Å². The van der Waals surface area contributed by atoms with Crippen LogP contribution in [0.25, 0.3) is 0 Å². The monoisotopic (exact) mass is 457 g/mol. The van der Waals surface area contributed by atoms with Crippen molar-refractivity contribution in [2.45, 2.75) is 37.4 Å². The Labute approximate surface area is 178 Å². The number of sulfonamides is 1. The number of aromatic nitrogens is 1. The summed E-state index contributed by atoms with van der Waals surface area (Å²) >= 11 is 0. The van der Waals surface area contributed by atoms with E-state index in [1.165, 1.54) is 22.5 Å². The fraction of sp³-hybridized carbons (Fsp3) is 0.400. The van der Waals surface area contributed by atoms with Gasteiger partial charge in [-0.3, -0.25) is 4.79 Å². The van der Waals surface area contributed by atoms with Crippen molar-refractivity contribution in [3.63, 3.8) is 0 Å². The molecule has 0 amide bonds. The molecular weight excluding hydrogens is 435 g/mol. The first kappa shape index (κ1) is 23.0. The number of pyridine rings is 1. The number of anilines is 1. The molecule has 1 saturated heterocycles. The van der Waals surface area contributed by atoms with E-state index in [4.69, 9.17) is 5.11 Å². The van der Waals surface area contributed by atoms with E-state index in [0.717, 1.165) is 12.3 Å². The Morgan fingerprint density at radius 3 is 2.48 bits per heavy atom. The van der Waals surface area contributed by atoms with Crippen molar-refractivity contribution >= 4 is 21.8 Å². The number of hydrogen-bond acceptors (Lipinski definition) is 5. The zero-order valence-corrected chi connectivity index (χ0v) is 17.7. The number of halogens is 3. The van der Waals surface area contributed by atoms with Crippen LogP contribution in [0.5, 0.6) is 0 Å². The summed E-state index contributed by atoms with van der Waals surface area (Å²) in [4.78, 5) is 16.7. The molecule has 0 radical (unpaired) electrons. The van der Waals surface area contributed by atoms with Gasteiger partial charge < -0.3 is 10.0 Å². The average molecular weight is 457 g/mol. The third-order valence-corrected chi connectivity index (χ3v) is 7.12. The largest absolute Gasteiger partial charge is 0.481 e. The number of alkyl halides is 3. The Morgan fingerprint density at radius 2 is 1.94 bits per heavy atom. The number of carboxylic acids is 1. The molecule has 1 aliphatic heterocycles. The van der Waals surface area contributed by atoms with Gasteiger partial charge in [0.2, 0.25) is 10.0 Å². The molecule has 1 aromatic heterocycles. The van der Waals surface area contributed by atoms with E-state index >= 15 is 0 Å². The van der Waals surface area contributed by atoms with E-state index in [2.05, 4.69) is 4.98 Å². The zero-order chi connectivity index (χ0) is 23.0. The van der Waals surface area contributed by atoms with Crippen LogP contribution in [0.2, 0.25) is 0 Å². The van der Waals surface area contributed by atoms with E-state index in [-0.39, 0.29) is 37.0 Å². The van der Waals surface area contributed by atoms with Crippen LogP contribution >= 0.6 is 0 Å². The lowest BCUT2D eigenvalue weighted by Gasteiger charge is -2.40. The summed E-state index contributed by atoms with van der Waals surface area (Å²) in [6, 6.07) is 6.32. The van der Waals surface area contributed by atoms with Gasteiger partial charge in [0.05, 0.1) is 16.9 Å². The molecule has 1 aliphatic rings. The van der Waals surface area contributed by atoms with Crippen LogP contribution in [0.1, 0.15) is 23.6 Å². The second-order valence-corrected chi connectivity index (χ2v) is 9.41. The van der Waals surface area contributed by atoms with Crippen molar-refractivity contribution < 1.29 is 31.5 Å². The van der Waals surface area contributed by atoms with Crippen LogP contribution in [0.15, 0.2) is 41.4 Å². The molecular formula is C20H22F3N3O4S. The minimum atomic E-state index is -4.47. The van der Waals surface area contributed by atoms with Crippen molar-refractivity contribution in [3.05, 3.63) is 53.2 Å². The highest BCUT2D eigenvalue weighted by Crippen LogP contribution is 2.30. The van der Waals surface area contributed by atoms with Gasteiger partial charge in [-0.1, -0.05) is 6.07 Å². The summed E-state index contributed by atoms with van der Waals surface area (Å²) in [6.07, 6.45) is -3.99. The molecule has 0 bridgehead atoms. The number of carboxylic acid groups (broad SMARTS) is 1. The Kier molecular flexibility index (Phi) is 6.28. The number of rotatable bonds is 5. The zero-order valence-electron chi connectivity index (χ0n) is 16.9. The van der Waals surface area contributed by atoms with Gasteiger partial charge in [-0.25, -0.2) is 13.4 Å². The van der Waals surface area contributed by atoms with Crippen LogP contribution in [0, 0.1) is 6.92 Å². The topological polar surface area (TPSA) is 90.8 Å². The van der Waals surface area contributed by atoms with Crippen LogP contribution in [0.4, 0.5) is 19.0 Å². The van der Waals surface area contributed by atoms with Gasteiger partial charge >= 0.3 is 12.1 Å². The van der Waals surface area contributed by atoms with Gasteiger partial charge in [-0.15, -0.1) is 0 Å². The minimum Gasteiger partial charge on any atom is -0.481 e. The van der Waals surface area contributed by atoms with Crippen molar-refractivity contribution in [1.29, 1.82) is 0 Å². The first-order valence-electron chi connectivity index (χ1n) is 9.51. The van der Waals surface area contributed by atoms with E-state index in [1.54, 1.807) is 24.8 Å². The molecule has 168 valence electrons. The highest BCUT2D eigenvalue weighted by atomic mass is 32.2. The van der Waals surface area contributed by atoms with Gasteiger partial charge in [-0.2, -0.15) is 17.5 Å². The standard InChI is InChI=1S/C20H22F3N3O4S/c1-13-3-5-17(9-15(13)10-19(27)28)31(29,30)25-7-8-26(14(2)12-25)18-6-4-16(11-24-18)20(21,22)23/h3-6,9,11,14H,7-8,10,12H2,1-2H3,(H,27,28)/t14-/m0/s1. The van der Waals surface area contributed by atoms with E-state index in [1.807, 2.05) is 0 Å². The smallest absolute Gasteiger partial charge is 0.417 e. The molecule has 1 aromatic carbocycles. The molecule has 11 heteroatoms. The first-order valence-corrected chi connectivity index (χ1v) is 10.9. The molecule has 7 nitrogen and oxygen atoms in total. The van der Waals surface area contributed by atoms with Gasteiger partial charge in [0, 0.05) is 31.9 Å². The highest BCUT2D eigenvalue weighted by molar-refractivity contribution is 7.89. The number of aliphatic carboxylic acids is 1. The second kappa shape index (κ2) is 8.46. The van der Waals surface area contributed by atoms with Gasteiger partial charge in [0.15, 0.2) is 0 Å². The van der Waals surface area contributed by atoms with Crippen LogP contribution in [-0.4, -0.2) is 54.5 Å². The van der Waals surface area contributed by atoms with Crippen molar-refractivity contribution in [3.8, 4) is 0 Å². The molecule has 1 fully saturated rings. The van der Waals surface area contributed by atoms with E-state index in [9.17, 15) is 26.4 Å². The summed E-state index contributed by atoms with van der Waals surface area (Å²) in [5.74, 6) is -0.708. The van der Waals surface area contributed by atoms with E-state index in [0.29, 0.717) is 16.9 Å². The average Bonchev–Trinajstić information content (AvgIpc) is 2.68. The number of hydrogen-bond donors (Lipinski definition) is 1. The van der Waals surface area contributed by atoms with Gasteiger partial charge in [0.25, 0.3) is 0 Å². The van der Waals surface area contributed by atoms with Crippen LogP contribution < -0.4 is 4.90 Å². The minimum absolute atomic E-state index is 0.0163. The number of aryl methyl sites for hydroxylation is 1. The lowest BCUT2D eigenvalue weighted by molar-refractivity contribution is -0.138. The van der Waals surface area contributed by atoms with Crippen molar-refractivity contribution in [2.24, 2.45) is 0 Å². The fourth-order valence-electron chi connectivity index (χ4n) is 3.52. The van der Waals surface area contributed by atoms with Crippen molar-refractivity contribution in [2.75, 3.05) is 24.5 Å². The van der Waals surface area contributed by atoms with Crippen LogP contribution in [0.3, 0.4) is 0 Å². The highest BCUT2D eigenvalue weighted by Gasteiger charge is 2.34. The Bertz CT molecular complexity index is 1070. The summed E-state index contributed by atoms with van der Waals surface area (Å²) in [5, 5.41) is 9.03. The molecule has 0 unspecified atom stereocenters. The lowest BCUT2D eigenvalue weighted by Crippen LogP contribution is -2.53. The molecule has 1 N–H and O–H groups in total. The molecule has 0 spiro atoms. The predicted octanol–water partition coefficient (Wildman–Crippen LogP) is 2.94. The maximum atomic E-state index is 13.1. The molecule has 2 heterocycles. The number of nitrogens with zero attached hydrogens (tertiary/aromatic N) is 3.